The Bertz CT molecular complexity index is 1000. The Morgan fingerprint density at radius 1 is 0.686 bits per heavy atom. The zero-order valence-electron chi connectivity index (χ0n) is 21.5. The number of fused-ring (bicyclic) bond motifs is 3. The molecule has 0 bridgehead atoms. The number of rotatable bonds is 3. The third kappa shape index (κ3) is 5.48. The van der Waals surface area contributed by atoms with Gasteiger partial charge in [0.2, 0.25) is 0 Å². The van der Waals surface area contributed by atoms with E-state index in [1.54, 1.807) is 10.4 Å². The van der Waals surface area contributed by atoms with Crippen molar-refractivity contribution in [1.82, 2.24) is 0 Å². The van der Waals surface area contributed by atoms with Crippen molar-refractivity contribution in [2.24, 2.45) is 23.7 Å². The summed E-state index contributed by atoms with van der Waals surface area (Å²) in [4.78, 5) is 0. The first kappa shape index (κ1) is 30.9. The van der Waals surface area contributed by atoms with Crippen LogP contribution in [0.5, 0.6) is 0 Å². The minimum absolute atomic E-state index is 0. The molecule has 35 heavy (non-hydrogen) atoms. The molecular formula is C30H37Cl3SiTi. The molecule has 0 nitrogen and oxygen atoms in total. The van der Waals surface area contributed by atoms with Crippen molar-refractivity contribution in [2.45, 2.75) is 63.3 Å². The van der Waals surface area contributed by atoms with Crippen LogP contribution in [0.2, 0.25) is 16.3 Å². The molecule has 0 spiro atoms. The van der Waals surface area contributed by atoms with Crippen molar-refractivity contribution in [3.8, 4) is 0 Å². The first-order valence-corrected chi connectivity index (χ1v) is 16.0. The van der Waals surface area contributed by atoms with Crippen molar-refractivity contribution in [3.05, 3.63) is 83.0 Å². The predicted molar refractivity (Wildman–Crippen MR) is 136 cm³/mol. The average Bonchev–Trinajstić information content (AvgIpc) is 3.08. The minimum atomic E-state index is -2.04. The summed E-state index contributed by atoms with van der Waals surface area (Å²) in [6, 6.07) is 14.9. The molecule has 2 aromatic carbocycles. The Hall–Kier alpha value is -0.279. The summed E-state index contributed by atoms with van der Waals surface area (Å²) < 4.78 is 0.829. The summed E-state index contributed by atoms with van der Waals surface area (Å²) in [5, 5.41) is 3.32. The SMILES string of the molecule is Cc1cc(C)cc([Si](C)(c2cc(C)cc(C)c2)C2C3C=CC=CC3C3CCC[CH]([Ti+3])C32)c1.[Cl-].[Cl-].[Cl-]. The molecule has 0 radical (unpaired) electrons. The van der Waals surface area contributed by atoms with Crippen LogP contribution in [0.25, 0.3) is 0 Å². The molecule has 0 amide bonds. The van der Waals surface area contributed by atoms with Gasteiger partial charge in [-0.15, -0.1) is 0 Å². The first-order valence-electron chi connectivity index (χ1n) is 12.5. The maximum Gasteiger partial charge on any atom is -1.00 e. The van der Waals surface area contributed by atoms with Crippen molar-refractivity contribution in [1.29, 1.82) is 0 Å². The minimum Gasteiger partial charge on any atom is -1.00 e. The molecule has 5 heteroatoms. The van der Waals surface area contributed by atoms with Gasteiger partial charge in [-0.1, -0.05) is 0 Å². The van der Waals surface area contributed by atoms with Crippen molar-refractivity contribution >= 4 is 18.4 Å². The van der Waals surface area contributed by atoms with Crippen LogP contribution in [-0.2, 0) is 20.4 Å². The Morgan fingerprint density at radius 3 is 1.63 bits per heavy atom. The first-order chi connectivity index (χ1) is 15.3. The maximum absolute atomic E-state index is 2.73. The number of aryl methyl sites for hydroxylation is 4. The van der Waals surface area contributed by atoms with Gasteiger partial charge in [0.25, 0.3) is 0 Å². The van der Waals surface area contributed by atoms with Crippen LogP contribution < -0.4 is 47.6 Å². The van der Waals surface area contributed by atoms with Crippen molar-refractivity contribution in [3.63, 3.8) is 0 Å². The summed E-state index contributed by atoms with van der Waals surface area (Å²) in [7, 11) is -2.04. The summed E-state index contributed by atoms with van der Waals surface area (Å²) in [5.41, 5.74) is 6.45. The van der Waals surface area contributed by atoms with Crippen LogP contribution in [0.4, 0.5) is 0 Å². The van der Waals surface area contributed by atoms with Gasteiger partial charge in [0.05, 0.1) is 0 Å². The van der Waals surface area contributed by atoms with Gasteiger partial charge in [-0.25, -0.2) is 0 Å². The number of allylic oxidation sites excluding steroid dienone is 4. The number of halogens is 3. The van der Waals surface area contributed by atoms with Crippen LogP contribution >= 0.6 is 0 Å². The molecule has 3 aliphatic carbocycles. The van der Waals surface area contributed by atoms with E-state index in [1.165, 1.54) is 41.5 Å². The molecular weight excluding hydrogens is 543 g/mol. The Morgan fingerprint density at radius 2 is 1.14 bits per heavy atom. The smallest absolute Gasteiger partial charge is 1.00 e. The molecule has 0 heterocycles. The standard InChI is InChI=1S/C30H37Si.3ClH.Ti/c1-20-14-21(2)17-24(16-20)31(5,25-18-22(3)15-23(4)19-25)30-28-12-8-6-10-26(28)27-11-7-9-13-29(27)30;;;;/h6,8,10,12-19,26-30H,7,9,11H2,1-5H3;3*1H;/q;;;;+3/p-3. The summed E-state index contributed by atoms with van der Waals surface area (Å²) in [6.07, 6.45) is 14.1. The van der Waals surface area contributed by atoms with Crippen LogP contribution in [0, 0.1) is 51.4 Å². The zero-order valence-corrected chi connectivity index (χ0v) is 26.3. The summed E-state index contributed by atoms with van der Waals surface area (Å²) in [5.74, 6) is 3.12. The molecule has 5 rings (SSSR count). The molecule has 0 aliphatic heterocycles. The normalized spacial score (nSPS) is 28.8. The average molecular weight is 580 g/mol. The van der Waals surface area contributed by atoms with Crippen LogP contribution in [-0.4, -0.2) is 8.07 Å². The van der Waals surface area contributed by atoms with Gasteiger partial charge in [-0.2, -0.15) is 0 Å². The van der Waals surface area contributed by atoms with Crippen molar-refractivity contribution in [2.75, 3.05) is 0 Å². The van der Waals surface area contributed by atoms with Gasteiger partial charge in [0.1, 0.15) is 0 Å². The van der Waals surface area contributed by atoms with E-state index in [0.717, 1.165) is 27.5 Å². The Labute approximate surface area is 244 Å². The molecule has 186 valence electrons. The van der Waals surface area contributed by atoms with Crippen LogP contribution in [0.1, 0.15) is 41.5 Å². The van der Waals surface area contributed by atoms with Gasteiger partial charge in [0.15, 0.2) is 0 Å². The predicted octanol–water partition coefficient (Wildman–Crippen LogP) is -2.38. The third-order valence-corrected chi connectivity index (χ3v) is 15.0. The molecule has 2 fully saturated rings. The van der Waals surface area contributed by atoms with Crippen LogP contribution in [0.3, 0.4) is 0 Å². The van der Waals surface area contributed by atoms with Gasteiger partial charge < -0.3 is 37.2 Å². The van der Waals surface area contributed by atoms with E-state index >= 15 is 0 Å². The third-order valence-electron chi connectivity index (χ3n) is 8.87. The molecule has 6 atom stereocenters. The van der Waals surface area contributed by atoms with E-state index < -0.39 is 8.07 Å². The van der Waals surface area contributed by atoms with Gasteiger partial charge in [-0.3, -0.25) is 0 Å². The Balaban J connectivity index is 0.00000144. The second kappa shape index (κ2) is 12.1. The van der Waals surface area contributed by atoms with Crippen LogP contribution in [0.15, 0.2) is 60.7 Å². The fourth-order valence-electron chi connectivity index (χ4n) is 7.78. The maximum atomic E-state index is 2.73. The molecule has 3 aliphatic rings. The van der Waals surface area contributed by atoms with E-state index in [-0.39, 0.29) is 37.2 Å². The molecule has 2 aromatic rings. The second-order valence-electron chi connectivity index (χ2n) is 11.2. The fourth-order valence-corrected chi connectivity index (χ4v) is 14.7. The van der Waals surface area contributed by atoms with E-state index in [1.807, 2.05) is 0 Å². The zero-order chi connectivity index (χ0) is 22.6. The van der Waals surface area contributed by atoms with Gasteiger partial charge >= 0.3 is 209 Å². The largest absolute Gasteiger partial charge is 1.00 e. The van der Waals surface area contributed by atoms with Gasteiger partial charge in [-0.05, 0) is 0 Å². The van der Waals surface area contributed by atoms with E-state index in [2.05, 4.69) is 115 Å². The topological polar surface area (TPSA) is 0 Å². The summed E-state index contributed by atoms with van der Waals surface area (Å²) in [6.45, 7) is 11.9. The quantitative estimate of drug-likeness (QED) is 0.357. The van der Waals surface area contributed by atoms with E-state index in [9.17, 15) is 0 Å². The molecule has 0 aromatic heterocycles. The molecule has 0 saturated heterocycles. The van der Waals surface area contributed by atoms with Crippen molar-refractivity contribution < 1.29 is 57.7 Å². The molecule has 6 unspecified atom stereocenters. The van der Waals surface area contributed by atoms with E-state index in [0.29, 0.717) is 5.92 Å². The molecule has 2 saturated carbocycles. The second-order valence-corrected chi connectivity index (χ2v) is 16.6. The number of benzene rings is 2. The van der Waals surface area contributed by atoms with E-state index in [4.69, 9.17) is 0 Å². The summed E-state index contributed by atoms with van der Waals surface area (Å²) >= 11 is 2.58. The molecule has 0 N–H and O–H groups in total. The fraction of sp³-hybridized carbons (Fsp3) is 0.467. The Kier molecular flexibility index (Phi) is 10.7. The van der Waals surface area contributed by atoms with Gasteiger partial charge in [0, 0.05) is 0 Å². The monoisotopic (exact) mass is 578 g/mol. The number of hydrogen-bond donors (Lipinski definition) is 0. The number of hydrogen-bond acceptors (Lipinski definition) is 0.